The van der Waals surface area contributed by atoms with Crippen molar-refractivity contribution in [2.45, 2.75) is 63.1 Å². The number of halogens is 2. The zero-order chi connectivity index (χ0) is 27.0. The molecule has 2 aromatic heterocycles. The molecule has 6 heterocycles. The Kier molecular flexibility index (Phi) is 5.73. The molecule has 0 radical (unpaired) electrons. The van der Waals surface area contributed by atoms with Crippen LogP contribution >= 0.6 is 11.6 Å². The maximum atomic E-state index is 16.8. The Morgan fingerprint density at radius 2 is 1.85 bits per heavy atom. The number of piperazine rings is 1. The second-order valence-electron chi connectivity index (χ2n) is 12.1. The van der Waals surface area contributed by atoms with Gasteiger partial charge in [-0.05, 0) is 76.2 Å². The van der Waals surface area contributed by atoms with Crippen molar-refractivity contribution in [2.75, 3.05) is 37.7 Å². The number of ether oxygens (including phenoxy) is 1. The highest BCUT2D eigenvalue weighted by atomic mass is 35.5. The first-order valence-corrected chi connectivity index (χ1v) is 14.9. The lowest BCUT2D eigenvalue weighted by Crippen LogP contribution is -2.51. The number of rotatable bonds is 5. The van der Waals surface area contributed by atoms with Crippen molar-refractivity contribution >= 4 is 39.2 Å². The van der Waals surface area contributed by atoms with Crippen molar-refractivity contribution in [3.05, 3.63) is 40.8 Å². The Morgan fingerprint density at radius 1 is 1.07 bits per heavy atom. The number of H-pyrrole nitrogens is 1. The van der Waals surface area contributed by atoms with Gasteiger partial charge in [0.1, 0.15) is 17.9 Å². The van der Waals surface area contributed by atoms with E-state index in [0.29, 0.717) is 40.5 Å². The van der Waals surface area contributed by atoms with E-state index in [1.807, 2.05) is 25.1 Å². The molecule has 4 aliphatic rings. The van der Waals surface area contributed by atoms with Crippen molar-refractivity contribution in [2.24, 2.45) is 0 Å². The van der Waals surface area contributed by atoms with Gasteiger partial charge in [-0.2, -0.15) is 15.1 Å². The molecule has 4 aliphatic heterocycles. The summed E-state index contributed by atoms with van der Waals surface area (Å²) in [6, 6.07) is 6.79. The lowest BCUT2D eigenvalue weighted by molar-refractivity contribution is 0.108. The molecule has 0 amide bonds. The third-order valence-electron chi connectivity index (χ3n) is 9.72. The number of nitrogens with zero attached hydrogens (tertiary/aromatic N) is 5. The minimum Gasteiger partial charge on any atom is -0.461 e. The highest BCUT2D eigenvalue weighted by Crippen LogP contribution is 2.43. The summed E-state index contributed by atoms with van der Waals surface area (Å²) in [6.45, 7) is 6.35. The quantitative estimate of drug-likeness (QED) is 0.345. The predicted octanol–water partition coefficient (Wildman–Crippen LogP) is 5.22. The van der Waals surface area contributed by atoms with Crippen LogP contribution in [0, 0.1) is 12.7 Å². The maximum absolute atomic E-state index is 16.8. The maximum Gasteiger partial charge on any atom is 0.319 e. The summed E-state index contributed by atoms with van der Waals surface area (Å²) in [6.07, 6.45) is 8.62. The van der Waals surface area contributed by atoms with Gasteiger partial charge in [0, 0.05) is 47.1 Å². The van der Waals surface area contributed by atoms with Gasteiger partial charge < -0.3 is 15.0 Å². The van der Waals surface area contributed by atoms with Crippen LogP contribution < -0.4 is 15.0 Å². The second kappa shape index (κ2) is 9.26. The fraction of sp³-hybridized carbons (Fsp3) is 0.500. The smallest absolute Gasteiger partial charge is 0.319 e. The molecular formula is C30H33ClFN7O. The van der Waals surface area contributed by atoms with Gasteiger partial charge in [-0.3, -0.25) is 10.00 Å². The minimum atomic E-state index is -0.451. The molecule has 0 spiro atoms. The van der Waals surface area contributed by atoms with Crippen molar-refractivity contribution in [1.29, 1.82) is 0 Å². The Balaban J connectivity index is 1.28. The van der Waals surface area contributed by atoms with Gasteiger partial charge in [-0.25, -0.2) is 4.39 Å². The summed E-state index contributed by atoms with van der Waals surface area (Å²) in [5.74, 6) is 0.253. The standard InChI is InChI=1S/C30H33ClFN7O/c1-17-4-7-23-21(13-33-37-23)24(17)25-22(31)12-20-27(26(25)32)35-29(40-16-30-8-2-10-39(30)11-3-9-30)36-28(20)38-14-18-5-6-19(15-38)34-18/h4,7,12-13,18-19,34H,2-3,5-6,8-11,14-16H2,1H3,(H,33,37)/t18-,19+. The Hall–Kier alpha value is -3.01. The fourth-order valence-electron chi connectivity index (χ4n) is 7.78. The normalized spacial score (nSPS) is 23.9. The van der Waals surface area contributed by atoms with Crippen molar-refractivity contribution in [1.82, 2.24) is 30.4 Å². The average molecular weight is 562 g/mol. The first kappa shape index (κ1) is 24.8. The monoisotopic (exact) mass is 561 g/mol. The summed E-state index contributed by atoms with van der Waals surface area (Å²) in [5.41, 5.74) is 3.11. The molecule has 0 aliphatic carbocycles. The van der Waals surface area contributed by atoms with Crippen LogP contribution in [0.3, 0.4) is 0 Å². The molecule has 2 atom stereocenters. The van der Waals surface area contributed by atoms with Gasteiger partial charge in [-0.1, -0.05) is 17.7 Å². The molecule has 0 unspecified atom stereocenters. The van der Waals surface area contributed by atoms with E-state index < -0.39 is 5.82 Å². The zero-order valence-electron chi connectivity index (χ0n) is 22.6. The van der Waals surface area contributed by atoms with E-state index in [1.54, 1.807) is 6.20 Å². The fourth-order valence-corrected chi connectivity index (χ4v) is 8.07. The van der Waals surface area contributed by atoms with Gasteiger partial charge in [0.2, 0.25) is 0 Å². The van der Waals surface area contributed by atoms with Crippen molar-refractivity contribution in [3.63, 3.8) is 0 Å². The third-order valence-corrected chi connectivity index (χ3v) is 10.0. The van der Waals surface area contributed by atoms with E-state index in [9.17, 15) is 0 Å². The predicted molar refractivity (Wildman–Crippen MR) is 155 cm³/mol. The summed E-state index contributed by atoms with van der Waals surface area (Å²) in [4.78, 5) is 14.5. The van der Waals surface area contributed by atoms with Crippen molar-refractivity contribution < 1.29 is 9.13 Å². The number of aromatic amines is 1. The molecule has 10 heteroatoms. The van der Waals surface area contributed by atoms with Crippen LogP contribution in [-0.2, 0) is 0 Å². The number of benzene rings is 2. The summed E-state index contributed by atoms with van der Waals surface area (Å²) in [5, 5.41) is 12.7. The van der Waals surface area contributed by atoms with Crippen molar-refractivity contribution in [3.8, 4) is 17.1 Å². The molecule has 8 nitrogen and oxygen atoms in total. The second-order valence-corrected chi connectivity index (χ2v) is 12.5. The summed E-state index contributed by atoms with van der Waals surface area (Å²) in [7, 11) is 0. The van der Waals surface area contributed by atoms with Gasteiger partial charge >= 0.3 is 6.01 Å². The Bertz CT molecular complexity index is 1620. The lowest BCUT2D eigenvalue weighted by atomic mass is 9.95. The number of anilines is 1. The van der Waals surface area contributed by atoms with E-state index >= 15 is 4.39 Å². The average Bonchev–Trinajstić information content (AvgIpc) is 3.73. The number of fused-ring (bicyclic) bond motifs is 5. The Morgan fingerprint density at radius 3 is 2.62 bits per heavy atom. The number of nitrogens with one attached hydrogen (secondary N) is 2. The molecule has 4 aromatic rings. The van der Waals surface area contributed by atoms with Crippen LogP contribution in [0.1, 0.15) is 44.1 Å². The molecule has 2 N–H and O–H groups in total. The SMILES string of the molecule is Cc1ccc2[nH]ncc2c1-c1c(Cl)cc2c(N3C[C@H]4CC[C@@H](C3)N4)nc(OCC34CCCN3CCC4)nc2c1F. The molecule has 2 aromatic carbocycles. The summed E-state index contributed by atoms with van der Waals surface area (Å²) < 4.78 is 23.2. The number of aryl methyl sites for hydroxylation is 1. The molecular weight excluding hydrogens is 529 g/mol. The van der Waals surface area contributed by atoms with Crippen LogP contribution in [0.15, 0.2) is 24.4 Å². The van der Waals surface area contributed by atoms with Gasteiger partial charge in [0.15, 0.2) is 5.82 Å². The van der Waals surface area contributed by atoms with Crippen LogP contribution in [0.5, 0.6) is 6.01 Å². The molecule has 8 rings (SSSR count). The molecule has 40 heavy (non-hydrogen) atoms. The topological polar surface area (TPSA) is 82.2 Å². The van der Waals surface area contributed by atoms with Crippen LogP contribution in [0.2, 0.25) is 5.02 Å². The number of aromatic nitrogens is 4. The third kappa shape index (κ3) is 3.81. The van der Waals surface area contributed by atoms with E-state index in [0.717, 1.165) is 73.9 Å². The number of hydrogen-bond donors (Lipinski definition) is 2. The highest BCUT2D eigenvalue weighted by molar-refractivity contribution is 6.35. The van der Waals surface area contributed by atoms with E-state index in [-0.39, 0.29) is 17.1 Å². The Labute approximate surface area is 237 Å². The van der Waals surface area contributed by atoms with Gasteiger partial charge in [0.25, 0.3) is 0 Å². The lowest BCUT2D eigenvalue weighted by Gasteiger charge is -2.35. The van der Waals surface area contributed by atoms with Crippen LogP contribution in [0.4, 0.5) is 10.2 Å². The highest BCUT2D eigenvalue weighted by Gasteiger charge is 2.45. The first-order chi connectivity index (χ1) is 19.5. The molecule has 2 bridgehead atoms. The van der Waals surface area contributed by atoms with Crippen LogP contribution in [-0.4, -0.2) is 75.5 Å². The van der Waals surface area contributed by atoms with Gasteiger partial charge in [-0.15, -0.1) is 0 Å². The van der Waals surface area contributed by atoms with E-state index in [2.05, 4.69) is 25.3 Å². The molecule has 4 fully saturated rings. The number of hydrogen-bond acceptors (Lipinski definition) is 7. The summed E-state index contributed by atoms with van der Waals surface area (Å²) >= 11 is 6.92. The minimum absolute atomic E-state index is 0.0460. The van der Waals surface area contributed by atoms with E-state index in [4.69, 9.17) is 26.3 Å². The van der Waals surface area contributed by atoms with Crippen LogP contribution in [0.25, 0.3) is 32.9 Å². The molecule has 4 saturated heterocycles. The van der Waals surface area contributed by atoms with E-state index in [1.165, 1.54) is 12.8 Å². The first-order valence-electron chi connectivity index (χ1n) is 14.5. The largest absolute Gasteiger partial charge is 0.461 e. The molecule has 0 saturated carbocycles. The molecule has 208 valence electrons. The van der Waals surface area contributed by atoms with Gasteiger partial charge in [0.05, 0.1) is 22.3 Å². The zero-order valence-corrected chi connectivity index (χ0v) is 23.4.